The highest BCUT2D eigenvalue weighted by Crippen LogP contribution is 2.24. The average molecular weight is 428 g/mol. The van der Waals surface area contributed by atoms with Crippen molar-refractivity contribution in [2.45, 2.75) is 55.3 Å². The minimum Gasteiger partial charge on any atom is -0.388 e. The Morgan fingerprint density at radius 2 is 1.53 bits per heavy atom. The Labute approximate surface area is 173 Å². The first kappa shape index (κ1) is 23.2. The summed E-state index contributed by atoms with van der Waals surface area (Å²) in [5, 5.41) is 59.4. The lowest BCUT2D eigenvalue weighted by Crippen LogP contribution is -2.60. The van der Waals surface area contributed by atoms with E-state index in [0.717, 1.165) is 5.56 Å². The van der Waals surface area contributed by atoms with E-state index in [9.17, 15) is 30.6 Å². The topological polar surface area (TPSA) is 158 Å². The third-order valence-corrected chi connectivity index (χ3v) is 5.01. The summed E-state index contributed by atoms with van der Waals surface area (Å²) >= 11 is 0. The monoisotopic (exact) mass is 428 g/mol. The van der Waals surface area contributed by atoms with Gasteiger partial charge in [-0.3, -0.25) is 0 Å². The molecule has 2 aliphatic rings. The summed E-state index contributed by atoms with van der Waals surface area (Å²) < 4.78 is 21.5. The first-order valence-corrected chi connectivity index (χ1v) is 9.68. The fourth-order valence-electron chi connectivity index (χ4n) is 3.21. The fraction of sp³-hybridized carbons (Fsp3) is 0.600. The van der Waals surface area contributed by atoms with Crippen molar-refractivity contribution in [3.8, 4) is 0 Å². The SMILES string of the molecule is O[C@@H]1[C@@H](O)[C@H](OC/C=C\c2ccccc2)O[C@H](CO[C@@H]2OC[C@H](O)[C@H](O)[C@H]2O)[C@H]1O. The third kappa shape index (κ3) is 5.62. The van der Waals surface area contributed by atoms with Crippen molar-refractivity contribution in [3.05, 3.63) is 42.0 Å². The predicted octanol–water partition coefficient (Wildman–Crippen LogP) is -2.02. The standard InChI is InChI=1S/C20H28O10/c21-12-9-28-19(17(25)14(12)22)29-10-13-15(23)16(24)18(26)20(30-13)27-8-4-7-11-5-2-1-3-6-11/h1-7,12-26H,8-10H2/b7-4-/t12-,13+,14-,15+,16-,17+,18+,19-,20+/m0/s1. The lowest BCUT2D eigenvalue weighted by atomic mass is 9.99. The highest BCUT2D eigenvalue weighted by molar-refractivity contribution is 5.48. The number of hydrogen-bond donors (Lipinski definition) is 6. The molecule has 10 heteroatoms. The van der Waals surface area contributed by atoms with Crippen molar-refractivity contribution in [3.63, 3.8) is 0 Å². The second-order valence-corrected chi connectivity index (χ2v) is 7.24. The Morgan fingerprint density at radius 1 is 0.833 bits per heavy atom. The van der Waals surface area contributed by atoms with Crippen LogP contribution in [0.2, 0.25) is 0 Å². The molecule has 168 valence electrons. The Balaban J connectivity index is 1.52. The number of aliphatic hydroxyl groups excluding tert-OH is 6. The van der Waals surface area contributed by atoms with Crippen LogP contribution in [0.25, 0.3) is 6.08 Å². The van der Waals surface area contributed by atoms with Crippen LogP contribution >= 0.6 is 0 Å². The second-order valence-electron chi connectivity index (χ2n) is 7.24. The predicted molar refractivity (Wildman–Crippen MR) is 102 cm³/mol. The van der Waals surface area contributed by atoms with E-state index < -0.39 is 55.3 Å². The van der Waals surface area contributed by atoms with E-state index in [1.54, 1.807) is 6.08 Å². The molecule has 0 unspecified atom stereocenters. The first-order chi connectivity index (χ1) is 14.4. The van der Waals surface area contributed by atoms with Crippen molar-refractivity contribution in [2.75, 3.05) is 19.8 Å². The third-order valence-electron chi connectivity index (χ3n) is 5.01. The molecular formula is C20H28O10. The summed E-state index contributed by atoms with van der Waals surface area (Å²) in [5.41, 5.74) is 0.964. The molecule has 1 aromatic rings. The molecule has 2 fully saturated rings. The molecule has 0 aromatic heterocycles. The maximum Gasteiger partial charge on any atom is 0.187 e. The van der Waals surface area contributed by atoms with Gasteiger partial charge in [0.25, 0.3) is 0 Å². The Kier molecular flexibility index (Phi) is 8.31. The normalized spacial score (nSPS) is 40.0. The zero-order chi connectivity index (χ0) is 21.7. The molecule has 0 amide bonds. The summed E-state index contributed by atoms with van der Waals surface area (Å²) in [4.78, 5) is 0. The van der Waals surface area contributed by atoms with Crippen LogP contribution in [0.1, 0.15) is 5.56 Å². The maximum atomic E-state index is 10.2. The van der Waals surface area contributed by atoms with Crippen molar-refractivity contribution >= 4 is 6.08 Å². The molecule has 3 rings (SSSR count). The van der Waals surface area contributed by atoms with Gasteiger partial charge in [0.2, 0.25) is 0 Å². The molecule has 30 heavy (non-hydrogen) atoms. The maximum absolute atomic E-state index is 10.2. The van der Waals surface area contributed by atoms with E-state index in [1.807, 2.05) is 36.4 Å². The van der Waals surface area contributed by atoms with Crippen LogP contribution < -0.4 is 0 Å². The van der Waals surface area contributed by atoms with Crippen molar-refractivity contribution in [2.24, 2.45) is 0 Å². The molecule has 2 aliphatic heterocycles. The number of hydrogen-bond acceptors (Lipinski definition) is 10. The van der Waals surface area contributed by atoms with Crippen LogP contribution in [0.3, 0.4) is 0 Å². The van der Waals surface area contributed by atoms with E-state index in [2.05, 4.69) is 0 Å². The lowest BCUT2D eigenvalue weighted by molar-refractivity contribution is -0.319. The Hall–Kier alpha value is -1.44. The zero-order valence-corrected chi connectivity index (χ0v) is 16.2. The van der Waals surface area contributed by atoms with Crippen LogP contribution in [0.15, 0.2) is 36.4 Å². The largest absolute Gasteiger partial charge is 0.388 e. The zero-order valence-electron chi connectivity index (χ0n) is 16.2. The molecule has 6 N–H and O–H groups in total. The van der Waals surface area contributed by atoms with Gasteiger partial charge in [-0.1, -0.05) is 42.5 Å². The summed E-state index contributed by atoms with van der Waals surface area (Å²) in [6.45, 7) is -0.478. The molecule has 1 aromatic carbocycles. The van der Waals surface area contributed by atoms with Gasteiger partial charge >= 0.3 is 0 Å². The molecule has 0 spiro atoms. The highest BCUT2D eigenvalue weighted by Gasteiger charge is 2.45. The molecule has 0 saturated carbocycles. The van der Waals surface area contributed by atoms with Crippen LogP contribution in [-0.4, -0.2) is 106 Å². The molecule has 0 bridgehead atoms. The smallest absolute Gasteiger partial charge is 0.187 e. The lowest BCUT2D eigenvalue weighted by Gasteiger charge is -2.41. The van der Waals surface area contributed by atoms with Gasteiger partial charge in [-0.05, 0) is 5.56 Å². The first-order valence-electron chi connectivity index (χ1n) is 9.68. The Morgan fingerprint density at radius 3 is 2.27 bits per heavy atom. The number of aliphatic hydroxyl groups is 6. The molecule has 10 nitrogen and oxygen atoms in total. The van der Waals surface area contributed by atoms with Gasteiger partial charge < -0.3 is 49.6 Å². The van der Waals surface area contributed by atoms with E-state index in [-0.39, 0.29) is 19.8 Å². The second kappa shape index (κ2) is 10.7. The fourth-order valence-corrected chi connectivity index (χ4v) is 3.21. The molecule has 2 heterocycles. The van der Waals surface area contributed by atoms with Crippen LogP contribution in [0, 0.1) is 0 Å². The van der Waals surface area contributed by atoms with Gasteiger partial charge in [-0.2, -0.15) is 0 Å². The van der Waals surface area contributed by atoms with Crippen molar-refractivity contribution < 1.29 is 49.6 Å². The minimum absolute atomic E-state index is 0.0849. The quantitative estimate of drug-likeness (QED) is 0.286. The minimum atomic E-state index is -1.54. The van der Waals surface area contributed by atoms with E-state index in [4.69, 9.17) is 18.9 Å². The van der Waals surface area contributed by atoms with Gasteiger partial charge in [0, 0.05) is 0 Å². The average Bonchev–Trinajstić information content (AvgIpc) is 2.76. The van der Waals surface area contributed by atoms with Crippen molar-refractivity contribution in [1.29, 1.82) is 0 Å². The summed E-state index contributed by atoms with van der Waals surface area (Å²) in [6, 6.07) is 9.50. The molecule has 2 saturated heterocycles. The van der Waals surface area contributed by atoms with E-state index in [1.165, 1.54) is 0 Å². The number of benzene rings is 1. The number of rotatable bonds is 7. The van der Waals surface area contributed by atoms with Gasteiger partial charge in [-0.25, -0.2) is 0 Å². The van der Waals surface area contributed by atoms with Gasteiger partial charge in [-0.15, -0.1) is 0 Å². The number of ether oxygens (including phenoxy) is 4. The Bertz CT molecular complexity index is 671. The highest BCUT2D eigenvalue weighted by atomic mass is 16.7. The van der Waals surface area contributed by atoms with Crippen LogP contribution in [0.5, 0.6) is 0 Å². The molecule has 9 atom stereocenters. The molecule has 0 radical (unpaired) electrons. The molecule has 0 aliphatic carbocycles. The van der Waals surface area contributed by atoms with Crippen LogP contribution in [-0.2, 0) is 18.9 Å². The summed E-state index contributed by atoms with van der Waals surface area (Å²) in [6.07, 6.45) is -8.71. The summed E-state index contributed by atoms with van der Waals surface area (Å²) in [7, 11) is 0. The molecular weight excluding hydrogens is 400 g/mol. The van der Waals surface area contributed by atoms with Gasteiger partial charge in [0.1, 0.15) is 42.7 Å². The van der Waals surface area contributed by atoms with Gasteiger partial charge in [0.15, 0.2) is 12.6 Å². The van der Waals surface area contributed by atoms with E-state index in [0.29, 0.717) is 0 Å². The summed E-state index contributed by atoms with van der Waals surface area (Å²) in [5.74, 6) is 0. The van der Waals surface area contributed by atoms with E-state index >= 15 is 0 Å². The van der Waals surface area contributed by atoms with Crippen molar-refractivity contribution in [1.82, 2.24) is 0 Å². The van der Waals surface area contributed by atoms with Crippen LogP contribution in [0.4, 0.5) is 0 Å². The van der Waals surface area contributed by atoms with Gasteiger partial charge in [0.05, 0.1) is 19.8 Å².